The molecule has 154 valence electrons. The second kappa shape index (κ2) is 8.68. The molecule has 1 aromatic heterocycles. The summed E-state index contributed by atoms with van der Waals surface area (Å²) in [5, 5.41) is 6.35. The van der Waals surface area contributed by atoms with Crippen LogP contribution in [0.3, 0.4) is 0 Å². The van der Waals surface area contributed by atoms with Crippen LogP contribution in [-0.4, -0.2) is 22.7 Å². The molecule has 1 atom stereocenters. The maximum absolute atomic E-state index is 8.92. The Balaban J connectivity index is 1.74. The van der Waals surface area contributed by atoms with Gasteiger partial charge < -0.3 is 14.6 Å². The molecule has 30 heavy (non-hydrogen) atoms. The predicted molar refractivity (Wildman–Crippen MR) is 117 cm³/mol. The topological polar surface area (TPSA) is 64.5 Å². The molecule has 6 nitrogen and oxygen atoms in total. The fourth-order valence-corrected chi connectivity index (χ4v) is 3.27. The average molecular weight is 410 g/mol. The van der Waals surface area contributed by atoms with E-state index in [9.17, 15) is 0 Å². The van der Waals surface area contributed by atoms with Crippen molar-refractivity contribution in [3.63, 3.8) is 0 Å². The highest BCUT2D eigenvalue weighted by molar-refractivity contribution is 5.70. The van der Waals surface area contributed by atoms with Gasteiger partial charge in [-0.3, -0.25) is 0 Å². The molecule has 0 saturated carbocycles. The second-order valence-electron chi connectivity index (χ2n) is 6.94. The van der Waals surface area contributed by atoms with Gasteiger partial charge in [-0.25, -0.2) is 4.85 Å². The first-order valence-electron chi connectivity index (χ1n) is 13.0. The Bertz CT molecular complexity index is 1380. The zero-order chi connectivity index (χ0) is 27.4. The van der Waals surface area contributed by atoms with Crippen LogP contribution in [0.1, 0.15) is 60.3 Å². The molecule has 2 aromatic carbocycles. The molecule has 0 aliphatic heterocycles. The summed E-state index contributed by atoms with van der Waals surface area (Å²) in [5.74, 6) is 0.722. The highest BCUT2D eigenvalue weighted by Crippen LogP contribution is 2.38. The van der Waals surface area contributed by atoms with Crippen molar-refractivity contribution in [3.8, 4) is 28.6 Å². The monoisotopic (exact) mass is 409 g/mol. The first-order valence-corrected chi connectivity index (χ1v) is 9.54. The van der Waals surface area contributed by atoms with Crippen LogP contribution in [0.4, 0.5) is 5.69 Å². The first kappa shape index (κ1) is 13.2. The average Bonchev–Trinajstić information content (AvgIpc) is 3.34. The second-order valence-corrected chi connectivity index (χ2v) is 6.94. The van der Waals surface area contributed by atoms with Gasteiger partial charge in [-0.2, -0.15) is 4.98 Å². The van der Waals surface area contributed by atoms with E-state index < -0.39 is 25.3 Å². The Morgan fingerprint density at radius 1 is 1.43 bits per heavy atom. The van der Waals surface area contributed by atoms with Gasteiger partial charge >= 0.3 is 0 Å². The third-order valence-corrected chi connectivity index (χ3v) is 4.56. The van der Waals surface area contributed by atoms with Crippen LogP contribution in [0, 0.1) is 6.57 Å². The van der Waals surface area contributed by atoms with Gasteiger partial charge in [-0.05, 0) is 68.8 Å². The van der Waals surface area contributed by atoms with E-state index in [4.69, 9.17) is 25.4 Å². The lowest BCUT2D eigenvalue weighted by molar-refractivity contribution is 0.244. The Morgan fingerprint density at radius 2 is 2.30 bits per heavy atom. The van der Waals surface area contributed by atoms with Crippen molar-refractivity contribution in [2.75, 3.05) is 6.50 Å². The largest absolute Gasteiger partial charge is 0.502 e. The number of hydrogen-bond donors (Lipinski definition) is 1. The summed E-state index contributed by atoms with van der Waals surface area (Å²) in [6.45, 7) is 9.52. The Kier molecular flexibility index (Phi) is 3.82. The molecule has 0 amide bonds. The molecule has 0 bridgehead atoms. The van der Waals surface area contributed by atoms with Crippen molar-refractivity contribution in [2.24, 2.45) is 0 Å². The van der Waals surface area contributed by atoms with Crippen molar-refractivity contribution in [3.05, 3.63) is 58.9 Å². The van der Waals surface area contributed by atoms with Gasteiger partial charge in [0.15, 0.2) is 0 Å². The van der Waals surface area contributed by atoms with Crippen molar-refractivity contribution < 1.29 is 18.9 Å². The van der Waals surface area contributed by atoms with Gasteiger partial charge in [-0.15, -0.1) is 0 Å². The highest BCUT2D eigenvalue weighted by Gasteiger charge is 2.26. The lowest BCUT2D eigenvalue weighted by atomic mass is 10.0. The molecule has 4 rings (SSSR count). The lowest BCUT2D eigenvalue weighted by Gasteiger charge is -2.13. The zero-order valence-electron chi connectivity index (χ0n) is 23.9. The molecule has 3 aromatic rings. The van der Waals surface area contributed by atoms with Crippen LogP contribution in [0.5, 0.6) is 5.75 Å². The fraction of sp³-hybridized carbons (Fsp3) is 0.375. The van der Waals surface area contributed by atoms with Gasteiger partial charge in [-0.1, -0.05) is 30.3 Å². The van der Waals surface area contributed by atoms with E-state index in [1.807, 2.05) is 13.8 Å². The minimum absolute atomic E-state index is 0.104. The summed E-state index contributed by atoms with van der Waals surface area (Å²) in [6, 6.07) is 7.42. The van der Waals surface area contributed by atoms with Crippen LogP contribution in [0.15, 0.2) is 40.9 Å². The molecule has 1 aliphatic carbocycles. The summed E-state index contributed by atoms with van der Waals surface area (Å²) in [5.41, 5.74) is 1.77. The van der Waals surface area contributed by atoms with Gasteiger partial charge in [0.2, 0.25) is 11.5 Å². The third kappa shape index (κ3) is 3.94. The molecule has 0 saturated heterocycles. The van der Waals surface area contributed by atoms with Crippen molar-refractivity contribution in [1.82, 2.24) is 15.5 Å². The summed E-state index contributed by atoms with van der Waals surface area (Å²) in [6.07, 6.45) is -4.99. The number of nitrogens with one attached hydrogen (secondary N) is 1. The number of benzene rings is 2. The molecule has 1 N–H and O–H groups in total. The molecular weight excluding hydrogens is 376 g/mol. The number of fused-ring (bicyclic) bond motifs is 1. The third-order valence-electron chi connectivity index (χ3n) is 4.56. The summed E-state index contributed by atoms with van der Waals surface area (Å²) in [7, 11) is 0. The van der Waals surface area contributed by atoms with Crippen LogP contribution in [0.2, 0.25) is 0 Å². The van der Waals surface area contributed by atoms with E-state index in [2.05, 4.69) is 20.3 Å². The number of rotatable bonds is 7. The summed E-state index contributed by atoms with van der Waals surface area (Å²) >= 11 is 0. The van der Waals surface area contributed by atoms with Gasteiger partial charge in [0, 0.05) is 25.4 Å². The highest BCUT2D eigenvalue weighted by atomic mass is 16.5. The summed E-state index contributed by atoms with van der Waals surface area (Å²) in [4.78, 5) is 7.95. The van der Waals surface area contributed by atoms with E-state index in [1.54, 1.807) is 30.3 Å². The molecule has 1 aliphatic rings. The van der Waals surface area contributed by atoms with Gasteiger partial charge in [0.1, 0.15) is 5.75 Å². The van der Waals surface area contributed by atoms with E-state index in [0.717, 1.165) is 6.92 Å². The van der Waals surface area contributed by atoms with E-state index in [1.165, 1.54) is 6.07 Å². The predicted octanol–water partition coefficient (Wildman–Crippen LogP) is 5.73. The van der Waals surface area contributed by atoms with Crippen molar-refractivity contribution >= 4 is 5.69 Å². The van der Waals surface area contributed by atoms with Crippen LogP contribution < -0.4 is 10.1 Å². The first-order chi connectivity index (χ1) is 17.1. The maximum atomic E-state index is 8.92. The summed E-state index contributed by atoms with van der Waals surface area (Å²) < 4.78 is 68.9. The van der Waals surface area contributed by atoms with Crippen molar-refractivity contribution in [1.29, 1.82) is 0 Å². The minimum Gasteiger partial charge on any atom is -0.502 e. The number of aromatic nitrogens is 2. The number of nitrogens with zero attached hydrogens (tertiary/aromatic N) is 3. The van der Waals surface area contributed by atoms with Crippen LogP contribution >= 0.6 is 0 Å². The number of ether oxygens (including phenoxy) is 1. The molecule has 1 heterocycles. The van der Waals surface area contributed by atoms with Gasteiger partial charge in [0.05, 0.1) is 14.0 Å². The van der Waals surface area contributed by atoms with Crippen molar-refractivity contribution in [2.45, 2.75) is 52.1 Å². The SMILES string of the molecule is [2H]C([2H])(C)C([2H])([2H])N[C@]1([2H])c2cccc(-c3noc(-c4ccc(OC(C)C)c([N+]#[C-])c4)n3)c2CC1([2H])[2H]. The molecule has 0 fully saturated rings. The maximum Gasteiger partial charge on any atom is 0.256 e. The zero-order valence-corrected chi connectivity index (χ0v) is 16.9. The molecular formula is C24H26N4O2. The Labute approximate surface area is 186 Å². The lowest BCUT2D eigenvalue weighted by Crippen LogP contribution is -2.19. The standard InChI is InChI=1S/C24H26N4O2/c1-5-13-26-20-11-10-17-18(20)7-6-8-19(17)23-27-24(30-28-23)16-9-12-22(29-15(2)3)21(14-16)25-4/h6-9,12,14-15,20,26H,5,10-11,13H2,1-3H3/t20-/m0/s1/i5D2,11D2,13D2,20D. The van der Waals surface area contributed by atoms with E-state index >= 15 is 0 Å². The molecule has 6 heteroatoms. The molecule has 0 radical (unpaired) electrons. The van der Waals surface area contributed by atoms with Crippen LogP contribution in [-0.2, 0) is 6.42 Å². The molecule has 0 spiro atoms. The smallest absolute Gasteiger partial charge is 0.256 e. The Morgan fingerprint density at radius 3 is 3.07 bits per heavy atom. The van der Waals surface area contributed by atoms with E-state index in [-0.39, 0.29) is 35.5 Å². The Hall–Kier alpha value is -3.17. The fourth-order valence-electron chi connectivity index (χ4n) is 3.27. The minimum atomic E-state index is -2.69. The van der Waals surface area contributed by atoms with Gasteiger partial charge in [0.25, 0.3) is 5.89 Å². The quantitative estimate of drug-likeness (QED) is 0.505. The van der Waals surface area contributed by atoms with E-state index in [0.29, 0.717) is 22.4 Å². The van der Waals surface area contributed by atoms with Crippen LogP contribution in [0.25, 0.3) is 27.7 Å². The normalized spacial score (nSPS) is 23.8. The molecule has 0 unspecified atom stereocenters. The number of hydrogen-bond acceptors (Lipinski definition) is 5.